The highest BCUT2D eigenvalue weighted by molar-refractivity contribution is 5.81. The number of ether oxygens (including phenoxy) is 1. The van der Waals surface area contributed by atoms with E-state index in [-0.39, 0.29) is 11.9 Å². The highest BCUT2D eigenvalue weighted by Gasteiger charge is 2.21. The van der Waals surface area contributed by atoms with Gasteiger partial charge < -0.3 is 10.1 Å². The Balaban J connectivity index is 2.04. The predicted molar refractivity (Wildman–Crippen MR) is 93.5 cm³/mol. The van der Waals surface area contributed by atoms with Crippen LogP contribution in [0.4, 0.5) is 0 Å². The van der Waals surface area contributed by atoms with E-state index in [9.17, 15) is 4.79 Å². The minimum Gasteiger partial charge on any atom is -0.481 e. The summed E-state index contributed by atoms with van der Waals surface area (Å²) in [5.74, 6) is 0.671. The smallest absolute Gasteiger partial charge is 0.261 e. The van der Waals surface area contributed by atoms with Gasteiger partial charge in [0, 0.05) is 0 Å². The van der Waals surface area contributed by atoms with Gasteiger partial charge in [-0.1, -0.05) is 56.3 Å². The number of benzene rings is 2. The van der Waals surface area contributed by atoms with E-state index in [1.165, 1.54) is 0 Å². The van der Waals surface area contributed by atoms with Crippen LogP contribution in [0.2, 0.25) is 0 Å². The van der Waals surface area contributed by atoms with E-state index >= 15 is 0 Å². The van der Waals surface area contributed by atoms with Gasteiger partial charge in [-0.25, -0.2) is 0 Å². The predicted octanol–water partition coefficient (Wildman–Crippen LogP) is 4.42. The van der Waals surface area contributed by atoms with Crippen molar-refractivity contribution in [1.29, 1.82) is 0 Å². The summed E-state index contributed by atoms with van der Waals surface area (Å²) < 4.78 is 5.88. The van der Waals surface area contributed by atoms with Crippen LogP contribution in [0.1, 0.15) is 43.9 Å². The van der Waals surface area contributed by atoms with Gasteiger partial charge in [0.2, 0.25) is 0 Å². The minimum absolute atomic E-state index is 0.0128. The molecule has 0 aromatic heterocycles. The average molecular weight is 311 g/mol. The first-order chi connectivity index (χ1) is 11.1. The molecule has 1 amide bonds. The lowest BCUT2D eigenvalue weighted by Gasteiger charge is -2.22. The molecule has 0 saturated heterocycles. The highest BCUT2D eigenvalue weighted by atomic mass is 16.5. The number of hydrogen-bond donors (Lipinski definition) is 1. The maximum absolute atomic E-state index is 12.6. The molecule has 2 atom stereocenters. The zero-order chi connectivity index (χ0) is 16.7. The van der Waals surface area contributed by atoms with Crippen molar-refractivity contribution in [3.05, 3.63) is 65.7 Å². The van der Waals surface area contributed by atoms with Crippen molar-refractivity contribution in [3.63, 3.8) is 0 Å². The number of nitrogens with one attached hydrogen (secondary N) is 1. The summed E-state index contributed by atoms with van der Waals surface area (Å²) in [5.41, 5.74) is 2.24. The van der Waals surface area contributed by atoms with E-state index in [2.05, 4.69) is 12.2 Å². The van der Waals surface area contributed by atoms with Crippen LogP contribution >= 0.6 is 0 Å². The van der Waals surface area contributed by atoms with Crippen LogP contribution in [0.15, 0.2) is 54.6 Å². The summed E-state index contributed by atoms with van der Waals surface area (Å²) in [5, 5.41) is 3.10. The number of hydrogen-bond acceptors (Lipinski definition) is 2. The third-order valence-corrected chi connectivity index (χ3v) is 3.86. The Kier molecular flexibility index (Phi) is 6.21. The molecule has 2 rings (SSSR count). The van der Waals surface area contributed by atoms with Gasteiger partial charge in [-0.15, -0.1) is 0 Å². The number of carbonyl (C=O) groups excluding carboxylic acids is 1. The van der Waals surface area contributed by atoms with Crippen LogP contribution in [0.25, 0.3) is 0 Å². The number of rotatable bonds is 7. The van der Waals surface area contributed by atoms with E-state index in [4.69, 9.17) is 4.74 Å². The molecule has 122 valence electrons. The van der Waals surface area contributed by atoms with Gasteiger partial charge in [0.15, 0.2) is 6.10 Å². The van der Waals surface area contributed by atoms with Crippen molar-refractivity contribution >= 4 is 5.91 Å². The zero-order valence-electron chi connectivity index (χ0n) is 14.1. The standard InChI is InChI=1S/C20H25NO2/c1-4-18(16-11-7-6-8-12-16)21-20(22)19(5-2)23-17-13-9-10-15(3)14-17/h6-14,18-19H,4-5H2,1-3H3,(H,21,22)/t18-,19-/m0/s1. The zero-order valence-corrected chi connectivity index (χ0v) is 14.1. The quantitative estimate of drug-likeness (QED) is 0.822. The van der Waals surface area contributed by atoms with Crippen LogP contribution in [0, 0.1) is 6.92 Å². The summed E-state index contributed by atoms with van der Waals surface area (Å²) in [7, 11) is 0. The second-order valence-electron chi connectivity index (χ2n) is 5.71. The van der Waals surface area contributed by atoms with E-state index in [1.807, 2.05) is 68.4 Å². The Labute approximate surface area is 138 Å². The third kappa shape index (κ3) is 4.85. The number of aryl methyl sites for hydroxylation is 1. The van der Waals surface area contributed by atoms with Gasteiger partial charge in [0.1, 0.15) is 5.75 Å². The van der Waals surface area contributed by atoms with Crippen LogP contribution in [0.5, 0.6) is 5.75 Å². The molecule has 1 N–H and O–H groups in total. The first kappa shape index (κ1) is 17.1. The summed E-state index contributed by atoms with van der Waals surface area (Å²) in [6, 6.07) is 17.8. The molecule has 2 aromatic rings. The van der Waals surface area contributed by atoms with E-state index in [0.717, 1.165) is 23.3 Å². The average Bonchev–Trinajstić information content (AvgIpc) is 2.58. The Bertz CT molecular complexity index is 625. The molecule has 0 radical (unpaired) electrons. The van der Waals surface area contributed by atoms with Crippen molar-refractivity contribution in [2.45, 2.75) is 45.8 Å². The van der Waals surface area contributed by atoms with E-state index < -0.39 is 6.10 Å². The van der Waals surface area contributed by atoms with E-state index in [0.29, 0.717) is 6.42 Å². The van der Waals surface area contributed by atoms with Gasteiger partial charge in [0.25, 0.3) is 5.91 Å². The van der Waals surface area contributed by atoms with Gasteiger partial charge >= 0.3 is 0 Å². The highest BCUT2D eigenvalue weighted by Crippen LogP contribution is 2.19. The first-order valence-electron chi connectivity index (χ1n) is 8.22. The summed E-state index contributed by atoms with van der Waals surface area (Å²) in [6.07, 6.45) is 0.997. The van der Waals surface area contributed by atoms with Crippen molar-refractivity contribution in [1.82, 2.24) is 5.32 Å². The third-order valence-electron chi connectivity index (χ3n) is 3.86. The Hall–Kier alpha value is -2.29. The lowest BCUT2D eigenvalue weighted by molar-refractivity contribution is -0.128. The molecule has 0 saturated carbocycles. The molecular formula is C20H25NO2. The topological polar surface area (TPSA) is 38.3 Å². The largest absolute Gasteiger partial charge is 0.481 e. The fourth-order valence-electron chi connectivity index (χ4n) is 2.55. The number of carbonyl (C=O) groups is 1. The molecule has 23 heavy (non-hydrogen) atoms. The summed E-state index contributed by atoms with van der Waals surface area (Å²) in [6.45, 7) is 6.04. The van der Waals surface area contributed by atoms with E-state index in [1.54, 1.807) is 0 Å². The SMILES string of the molecule is CC[C@H](Oc1cccc(C)c1)C(=O)N[C@@H](CC)c1ccccc1. The van der Waals surface area contributed by atoms with Gasteiger partial charge in [-0.3, -0.25) is 4.79 Å². The van der Waals surface area contributed by atoms with Crippen molar-refractivity contribution < 1.29 is 9.53 Å². The number of amides is 1. The second-order valence-corrected chi connectivity index (χ2v) is 5.71. The lowest BCUT2D eigenvalue weighted by Crippen LogP contribution is -2.39. The Morgan fingerprint density at radius 3 is 2.39 bits per heavy atom. The Morgan fingerprint density at radius 2 is 1.78 bits per heavy atom. The molecule has 0 aliphatic rings. The molecule has 0 spiro atoms. The normalized spacial score (nSPS) is 13.2. The molecule has 0 fully saturated rings. The molecule has 0 heterocycles. The monoisotopic (exact) mass is 311 g/mol. The lowest BCUT2D eigenvalue weighted by atomic mass is 10.0. The molecule has 0 aliphatic heterocycles. The Morgan fingerprint density at radius 1 is 1.04 bits per heavy atom. The van der Waals surface area contributed by atoms with Crippen LogP contribution < -0.4 is 10.1 Å². The van der Waals surface area contributed by atoms with Crippen molar-refractivity contribution in [2.24, 2.45) is 0 Å². The van der Waals surface area contributed by atoms with Gasteiger partial charge in [-0.2, -0.15) is 0 Å². The van der Waals surface area contributed by atoms with Crippen LogP contribution in [-0.2, 0) is 4.79 Å². The van der Waals surface area contributed by atoms with Gasteiger partial charge in [0.05, 0.1) is 6.04 Å². The molecule has 3 nitrogen and oxygen atoms in total. The summed E-state index contributed by atoms with van der Waals surface area (Å²) >= 11 is 0. The molecule has 3 heteroatoms. The summed E-state index contributed by atoms with van der Waals surface area (Å²) in [4.78, 5) is 12.6. The fraction of sp³-hybridized carbons (Fsp3) is 0.350. The molecule has 0 unspecified atom stereocenters. The molecule has 0 bridgehead atoms. The van der Waals surface area contributed by atoms with Crippen molar-refractivity contribution in [3.8, 4) is 5.75 Å². The minimum atomic E-state index is -0.477. The fourth-order valence-corrected chi connectivity index (χ4v) is 2.55. The van der Waals surface area contributed by atoms with Crippen LogP contribution in [0.3, 0.4) is 0 Å². The van der Waals surface area contributed by atoms with Crippen LogP contribution in [-0.4, -0.2) is 12.0 Å². The maximum atomic E-state index is 12.6. The molecule has 0 aliphatic carbocycles. The molecular weight excluding hydrogens is 286 g/mol. The first-order valence-corrected chi connectivity index (χ1v) is 8.22. The van der Waals surface area contributed by atoms with Gasteiger partial charge in [-0.05, 0) is 43.0 Å². The maximum Gasteiger partial charge on any atom is 0.261 e. The van der Waals surface area contributed by atoms with Crippen molar-refractivity contribution in [2.75, 3.05) is 0 Å². The molecule has 2 aromatic carbocycles. The second kappa shape index (κ2) is 8.37.